The van der Waals surface area contributed by atoms with E-state index in [-0.39, 0.29) is 6.42 Å². The number of rotatable bonds is 3. The summed E-state index contributed by atoms with van der Waals surface area (Å²) in [6.07, 6.45) is 2.92. The molecule has 2 aromatic heterocycles. The molecule has 2 aromatic rings. The second-order valence-corrected chi connectivity index (χ2v) is 3.29. The van der Waals surface area contributed by atoms with E-state index in [1.807, 2.05) is 6.92 Å². The number of carbonyl (C=O) groups is 1. The van der Waals surface area contributed by atoms with Gasteiger partial charge in [0.05, 0.1) is 6.42 Å². The van der Waals surface area contributed by atoms with Gasteiger partial charge in [0, 0.05) is 6.20 Å². The van der Waals surface area contributed by atoms with Crippen molar-refractivity contribution in [1.29, 1.82) is 0 Å². The summed E-state index contributed by atoms with van der Waals surface area (Å²) in [6.45, 7) is 1.83. The minimum absolute atomic E-state index is 0.0330. The molecule has 1 N–H and O–H groups in total. The third-order valence-corrected chi connectivity index (χ3v) is 2.13. The molecule has 0 saturated heterocycles. The zero-order valence-corrected chi connectivity index (χ0v) is 8.53. The van der Waals surface area contributed by atoms with Crippen molar-refractivity contribution in [2.24, 2.45) is 0 Å². The Kier molecular flexibility index (Phi) is 2.59. The molecule has 2 rings (SSSR count). The zero-order valence-electron chi connectivity index (χ0n) is 8.53. The molecule has 16 heavy (non-hydrogen) atoms. The van der Waals surface area contributed by atoms with Crippen LogP contribution in [0.25, 0.3) is 5.82 Å². The Morgan fingerprint density at radius 1 is 1.56 bits per heavy atom. The first-order valence-corrected chi connectivity index (χ1v) is 4.57. The molecule has 0 saturated carbocycles. The Hall–Kier alpha value is -2.31. The van der Waals surface area contributed by atoms with Crippen LogP contribution in [0.3, 0.4) is 0 Å². The number of pyridine rings is 1. The van der Waals surface area contributed by atoms with Crippen molar-refractivity contribution in [3.05, 3.63) is 29.7 Å². The molecule has 0 aliphatic heterocycles. The third-order valence-electron chi connectivity index (χ3n) is 2.13. The van der Waals surface area contributed by atoms with Gasteiger partial charge in [-0.05, 0) is 34.5 Å². The maximum absolute atomic E-state index is 10.6. The number of carboxylic acid groups (broad SMARTS) is 1. The van der Waals surface area contributed by atoms with E-state index in [9.17, 15) is 4.79 Å². The van der Waals surface area contributed by atoms with Gasteiger partial charge in [-0.15, -0.1) is 5.10 Å². The summed E-state index contributed by atoms with van der Waals surface area (Å²) in [5, 5.41) is 19.4. The highest BCUT2D eigenvalue weighted by Gasteiger charge is 2.07. The van der Waals surface area contributed by atoms with Gasteiger partial charge in [0.25, 0.3) is 0 Å². The molecular formula is C9H9N5O2. The van der Waals surface area contributed by atoms with Crippen molar-refractivity contribution in [3.8, 4) is 5.82 Å². The number of aryl methyl sites for hydroxylation is 1. The molecule has 0 radical (unpaired) electrons. The van der Waals surface area contributed by atoms with Crippen LogP contribution >= 0.6 is 0 Å². The van der Waals surface area contributed by atoms with Crippen molar-refractivity contribution in [3.63, 3.8) is 0 Å². The van der Waals surface area contributed by atoms with Crippen LogP contribution in [0.1, 0.15) is 11.1 Å². The third kappa shape index (κ3) is 2.02. The largest absolute Gasteiger partial charge is 0.481 e. The molecule has 0 atom stereocenters. The number of tetrazole rings is 1. The molecule has 7 heteroatoms. The molecule has 0 bridgehead atoms. The zero-order chi connectivity index (χ0) is 11.5. The van der Waals surface area contributed by atoms with E-state index in [1.54, 1.807) is 6.07 Å². The first-order chi connectivity index (χ1) is 7.66. The molecule has 0 amide bonds. The first-order valence-electron chi connectivity index (χ1n) is 4.57. The van der Waals surface area contributed by atoms with E-state index in [0.29, 0.717) is 11.4 Å². The Morgan fingerprint density at radius 2 is 2.38 bits per heavy atom. The van der Waals surface area contributed by atoms with Crippen LogP contribution in [0.2, 0.25) is 0 Å². The minimum Gasteiger partial charge on any atom is -0.481 e. The summed E-state index contributed by atoms with van der Waals surface area (Å²) in [5.74, 6) is -0.309. The van der Waals surface area contributed by atoms with E-state index in [1.165, 1.54) is 17.2 Å². The Balaban J connectivity index is 2.33. The van der Waals surface area contributed by atoms with Gasteiger partial charge >= 0.3 is 5.97 Å². The smallest absolute Gasteiger partial charge is 0.307 e. The van der Waals surface area contributed by atoms with Gasteiger partial charge in [0.2, 0.25) is 0 Å². The number of aromatic nitrogens is 5. The number of hydrogen-bond acceptors (Lipinski definition) is 5. The summed E-state index contributed by atoms with van der Waals surface area (Å²) in [5.41, 5.74) is 1.53. The van der Waals surface area contributed by atoms with Gasteiger partial charge in [-0.1, -0.05) is 0 Å². The summed E-state index contributed by atoms with van der Waals surface area (Å²) in [6, 6.07) is 1.74. The van der Waals surface area contributed by atoms with Crippen molar-refractivity contribution in [2.45, 2.75) is 13.3 Å². The topological polar surface area (TPSA) is 93.8 Å². The van der Waals surface area contributed by atoms with E-state index < -0.39 is 5.97 Å². The van der Waals surface area contributed by atoms with Crippen LogP contribution in [0.15, 0.2) is 18.6 Å². The molecule has 82 valence electrons. The fourth-order valence-electron chi connectivity index (χ4n) is 1.31. The molecular weight excluding hydrogens is 210 g/mol. The molecule has 0 fully saturated rings. The number of nitrogens with zero attached hydrogens (tertiary/aromatic N) is 5. The van der Waals surface area contributed by atoms with Crippen LogP contribution in [-0.4, -0.2) is 36.3 Å². The van der Waals surface area contributed by atoms with E-state index in [0.717, 1.165) is 5.56 Å². The summed E-state index contributed by atoms with van der Waals surface area (Å²) in [7, 11) is 0. The van der Waals surface area contributed by atoms with Crippen LogP contribution in [0.4, 0.5) is 0 Å². The Labute approximate surface area is 90.7 Å². The van der Waals surface area contributed by atoms with Crippen molar-refractivity contribution in [1.82, 2.24) is 25.2 Å². The van der Waals surface area contributed by atoms with Crippen LogP contribution in [0.5, 0.6) is 0 Å². The minimum atomic E-state index is -0.875. The quantitative estimate of drug-likeness (QED) is 0.780. The second-order valence-electron chi connectivity index (χ2n) is 3.29. The lowest BCUT2D eigenvalue weighted by molar-refractivity contribution is -0.136. The van der Waals surface area contributed by atoms with Gasteiger partial charge in [-0.2, -0.15) is 4.68 Å². The average Bonchev–Trinajstić information content (AvgIpc) is 2.73. The molecule has 0 aliphatic carbocycles. The maximum atomic E-state index is 10.6. The van der Waals surface area contributed by atoms with Gasteiger partial charge in [-0.3, -0.25) is 4.79 Å². The molecule has 7 nitrogen and oxygen atoms in total. The molecule has 2 heterocycles. The highest BCUT2D eigenvalue weighted by Crippen LogP contribution is 2.11. The second kappa shape index (κ2) is 4.05. The number of carboxylic acids is 1. The predicted molar refractivity (Wildman–Crippen MR) is 53.0 cm³/mol. The normalized spacial score (nSPS) is 10.3. The lowest BCUT2D eigenvalue weighted by Gasteiger charge is -2.04. The summed E-state index contributed by atoms with van der Waals surface area (Å²) < 4.78 is 1.41. The van der Waals surface area contributed by atoms with Crippen LogP contribution < -0.4 is 0 Å². The van der Waals surface area contributed by atoms with Gasteiger partial charge < -0.3 is 5.11 Å². The lowest BCUT2D eigenvalue weighted by atomic mass is 10.1. The summed E-state index contributed by atoms with van der Waals surface area (Å²) in [4.78, 5) is 14.7. The monoisotopic (exact) mass is 219 g/mol. The van der Waals surface area contributed by atoms with E-state index in [2.05, 4.69) is 20.5 Å². The fourth-order valence-corrected chi connectivity index (χ4v) is 1.31. The molecule has 0 unspecified atom stereocenters. The highest BCUT2D eigenvalue weighted by molar-refractivity contribution is 5.70. The average molecular weight is 219 g/mol. The van der Waals surface area contributed by atoms with Gasteiger partial charge in [-0.25, -0.2) is 4.98 Å². The Bertz CT molecular complexity index is 509. The van der Waals surface area contributed by atoms with Crippen LogP contribution in [-0.2, 0) is 11.2 Å². The lowest BCUT2D eigenvalue weighted by Crippen LogP contribution is -2.05. The standard InChI is InChI=1S/C9H9N5O2/c1-6-2-8(14-5-11-12-13-14)10-4-7(6)3-9(15)16/h2,4-5H,3H2,1H3,(H,15,16). The Morgan fingerprint density at radius 3 is 2.94 bits per heavy atom. The van der Waals surface area contributed by atoms with Crippen molar-refractivity contribution >= 4 is 5.97 Å². The van der Waals surface area contributed by atoms with Gasteiger partial charge in [0.1, 0.15) is 6.33 Å². The molecule has 0 spiro atoms. The fraction of sp³-hybridized carbons (Fsp3) is 0.222. The number of aliphatic carboxylic acids is 1. The van der Waals surface area contributed by atoms with E-state index in [4.69, 9.17) is 5.11 Å². The molecule has 0 aromatic carbocycles. The highest BCUT2D eigenvalue weighted by atomic mass is 16.4. The van der Waals surface area contributed by atoms with Gasteiger partial charge in [0.15, 0.2) is 5.82 Å². The first kappa shape index (κ1) is 10.2. The van der Waals surface area contributed by atoms with Crippen molar-refractivity contribution in [2.75, 3.05) is 0 Å². The van der Waals surface area contributed by atoms with Crippen LogP contribution in [0, 0.1) is 6.92 Å². The SMILES string of the molecule is Cc1cc(-n2cnnn2)ncc1CC(=O)O. The summed E-state index contributed by atoms with van der Waals surface area (Å²) >= 11 is 0. The number of hydrogen-bond donors (Lipinski definition) is 1. The van der Waals surface area contributed by atoms with E-state index >= 15 is 0 Å². The van der Waals surface area contributed by atoms with Crippen molar-refractivity contribution < 1.29 is 9.90 Å². The maximum Gasteiger partial charge on any atom is 0.307 e. The predicted octanol–water partition coefficient (Wildman–Crippen LogP) is -0.00718. The molecule has 0 aliphatic rings.